The normalized spacial score (nSPS) is 21.1. The third-order valence-electron chi connectivity index (χ3n) is 4.33. The van der Waals surface area contributed by atoms with Crippen LogP contribution < -0.4 is 40.0 Å². The molecule has 1 N–H and O–H groups in total. The SMILES string of the molecule is O=C(CC1(C(=O)[O-])CC1)NC1CCc2c(Br)cccc21.[Na+]. The average molecular weight is 360 g/mol. The van der Waals surface area contributed by atoms with Gasteiger partial charge in [0.2, 0.25) is 5.91 Å². The number of hydrogen-bond acceptors (Lipinski definition) is 3. The first kappa shape index (κ1) is 17.0. The molecule has 1 amide bonds. The van der Waals surface area contributed by atoms with Gasteiger partial charge in [0.1, 0.15) is 0 Å². The van der Waals surface area contributed by atoms with Gasteiger partial charge in [0.25, 0.3) is 0 Å². The molecule has 1 fully saturated rings. The second-order valence-corrected chi connectivity index (χ2v) is 6.57. The fourth-order valence-corrected chi connectivity index (χ4v) is 3.50. The number of nitrogens with one attached hydrogen (secondary N) is 1. The number of carbonyl (C=O) groups is 2. The zero-order valence-corrected chi connectivity index (χ0v) is 15.5. The fourth-order valence-electron chi connectivity index (χ4n) is 2.92. The maximum atomic E-state index is 12.0. The van der Waals surface area contributed by atoms with Crippen molar-refractivity contribution in [1.82, 2.24) is 5.32 Å². The molecule has 106 valence electrons. The third kappa shape index (κ3) is 3.36. The Kier molecular flexibility index (Phi) is 5.19. The Labute approximate surface area is 154 Å². The summed E-state index contributed by atoms with van der Waals surface area (Å²) in [5.41, 5.74) is 1.47. The molecule has 0 radical (unpaired) electrons. The van der Waals surface area contributed by atoms with Gasteiger partial charge in [-0.25, -0.2) is 0 Å². The van der Waals surface area contributed by atoms with Gasteiger partial charge in [0, 0.05) is 22.3 Å². The minimum absolute atomic E-state index is 0. The van der Waals surface area contributed by atoms with Crippen LogP contribution in [0.15, 0.2) is 22.7 Å². The van der Waals surface area contributed by atoms with Crippen LogP contribution in [0.4, 0.5) is 0 Å². The molecule has 0 aliphatic heterocycles. The summed E-state index contributed by atoms with van der Waals surface area (Å²) in [7, 11) is 0. The number of fused-ring (bicyclic) bond motifs is 1. The first-order valence-corrected chi connectivity index (χ1v) is 7.59. The van der Waals surface area contributed by atoms with Crippen LogP contribution in [0.2, 0.25) is 0 Å². The fraction of sp³-hybridized carbons (Fsp3) is 0.467. The quantitative estimate of drug-likeness (QED) is 0.663. The van der Waals surface area contributed by atoms with Crippen molar-refractivity contribution in [3.63, 3.8) is 0 Å². The second-order valence-electron chi connectivity index (χ2n) is 5.71. The van der Waals surface area contributed by atoms with Gasteiger partial charge in [0.15, 0.2) is 0 Å². The van der Waals surface area contributed by atoms with Crippen LogP contribution in [-0.2, 0) is 16.0 Å². The molecule has 0 heterocycles. The zero-order valence-electron chi connectivity index (χ0n) is 11.9. The first-order chi connectivity index (χ1) is 9.52. The van der Waals surface area contributed by atoms with Gasteiger partial charge < -0.3 is 15.2 Å². The number of carboxylic acids is 1. The van der Waals surface area contributed by atoms with Crippen molar-refractivity contribution >= 4 is 27.8 Å². The molecule has 0 saturated heterocycles. The van der Waals surface area contributed by atoms with Gasteiger partial charge in [-0.05, 0) is 42.9 Å². The predicted octanol–water partition coefficient (Wildman–Crippen LogP) is -1.52. The van der Waals surface area contributed by atoms with Crippen LogP contribution in [0.5, 0.6) is 0 Å². The van der Waals surface area contributed by atoms with E-state index in [-0.39, 0.29) is 47.9 Å². The molecule has 3 rings (SSSR count). The van der Waals surface area contributed by atoms with E-state index in [0.717, 1.165) is 22.9 Å². The van der Waals surface area contributed by atoms with Crippen molar-refractivity contribution in [3.05, 3.63) is 33.8 Å². The molecular weight excluding hydrogens is 345 g/mol. The van der Waals surface area contributed by atoms with Gasteiger partial charge >= 0.3 is 29.6 Å². The van der Waals surface area contributed by atoms with Crippen LogP contribution in [0.25, 0.3) is 0 Å². The molecule has 1 saturated carbocycles. The van der Waals surface area contributed by atoms with Crippen molar-refractivity contribution < 1.29 is 44.3 Å². The van der Waals surface area contributed by atoms with Gasteiger partial charge in [-0.1, -0.05) is 28.1 Å². The van der Waals surface area contributed by atoms with Crippen molar-refractivity contribution in [2.45, 2.75) is 38.1 Å². The number of carbonyl (C=O) groups excluding carboxylic acids is 2. The molecule has 1 unspecified atom stereocenters. The molecule has 6 heteroatoms. The van der Waals surface area contributed by atoms with Crippen LogP contribution in [0.1, 0.15) is 42.9 Å². The molecule has 2 aliphatic rings. The van der Waals surface area contributed by atoms with E-state index in [1.165, 1.54) is 5.56 Å². The Morgan fingerprint density at radius 3 is 2.71 bits per heavy atom. The Bertz CT molecular complexity index is 586. The van der Waals surface area contributed by atoms with Crippen LogP contribution >= 0.6 is 15.9 Å². The molecule has 0 spiro atoms. The monoisotopic (exact) mass is 359 g/mol. The maximum absolute atomic E-state index is 12.0. The van der Waals surface area contributed by atoms with Crippen molar-refractivity contribution in [2.75, 3.05) is 0 Å². The van der Waals surface area contributed by atoms with Gasteiger partial charge in [0.05, 0.1) is 6.04 Å². The van der Waals surface area contributed by atoms with E-state index in [2.05, 4.69) is 21.2 Å². The topological polar surface area (TPSA) is 69.2 Å². The van der Waals surface area contributed by atoms with Gasteiger partial charge in [-0.2, -0.15) is 0 Å². The van der Waals surface area contributed by atoms with Crippen LogP contribution in [0, 0.1) is 5.41 Å². The molecule has 1 aromatic carbocycles. The largest absolute Gasteiger partial charge is 1.00 e. The molecule has 2 aliphatic carbocycles. The van der Waals surface area contributed by atoms with Gasteiger partial charge in [-0.15, -0.1) is 0 Å². The zero-order chi connectivity index (χ0) is 14.3. The molecular formula is C15H15BrNNaO3. The molecule has 1 atom stereocenters. The van der Waals surface area contributed by atoms with E-state index < -0.39 is 11.4 Å². The minimum atomic E-state index is -1.10. The number of hydrogen-bond donors (Lipinski definition) is 1. The third-order valence-corrected chi connectivity index (χ3v) is 5.08. The van der Waals surface area contributed by atoms with Crippen molar-refractivity contribution in [1.29, 1.82) is 0 Å². The molecule has 1 aromatic rings. The molecule has 4 nitrogen and oxygen atoms in total. The number of amides is 1. The number of aliphatic carboxylic acids is 1. The number of rotatable bonds is 4. The summed E-state index contributed by atoms with van der Waals surface area (Å²) in [6.07, 6.45) is 2.93. The van der Waals surface area contributed by atoms with E-state index in [1.54, 1.807) is 0 Å². The summed E-state index contributed by atoms with van der Waals surface area (Å²) in [4.78, 5) is 23.0. The van der Waals surface area contributed by atoms with E-state index in [9.17, 15) is 14.7 Å². The van der Waals surface area contributed by atoms with Gasteiger partial charge in [-0.3, -0.25) is 4.79 Å². The summed E-state index contributed by atoms with van der Waals surface area (Å²) >= 11 is 3.52. The maximum Gasteiger partial charge on any atom is 1.00 e. The van der Waals surface area contributed by atoms with E-state index in [4.69, 9.17) is 0 Å². The van der Waals surface area contributed by atoms with Crippen molar-refractivity contribution in [2.24, 2.45) is 5.41 Å². The molecule has 0 bridgehead atoms. The van der Waals surface area contributed by atoms with Crippen molar-refractivity contribution in [3.8, 4) is 0 Å². The smallest absolute Gasteiger partial charge is 0.550 e. The number of benzene rings is 1. The predicted molar refractivity (Wildman–Crippen MR) is 74.6 cm³/mol. The Balaban J connectivity index is 0.00000161. The summed E-state index contributed by atoms with van der Waals surface area (Å²) in [5, 5.41) is 14.0. The number of halogens is 1. The first-order valence-electron chi connectivity index (χ1n) is 6.80. The summed E-state index contributed by atoms with van der Waals surface area (Å²) < 4.78 is 1.07. The Morgan fingerprint density at radius 1 is 1.38 bits per heavy atom. The summed E-state index contributed by atoms with van der Waals surface area (Å²) in [6.45, 7) is 0. The minimum Gasteiger partial charge on any atom is -0.550 e. The summed E-state index contributed by atoms with van der Waals surface area (Å²) in [6, 6.07) is 5.96. The van der Waals surface area contributed by atoms with Crippen LogP contribution in [-0.4, -0.2) is 11.9 Å². The Hall–Kier alpha value is -0.360. The second kappa shape index (κ2) is 6.41. The number of carboxylic acid groups (broad SMARTS) is 1. The van der Waals surface area contributed by atoms with Crippen LogP contribution in [0.3, 0.4) is 0 Å². The molecule has 0 aromatic heterocycles. The van der Waals surface area contributed by atoms with E-state index in [0.29, 0.717) is 12.8 Å². The Morgan fingerprint density at radius 2 is 2.10 bits per heavy atom. The van der Waals surface area contributed by atoms with E-state index in [1.807, 2.05) is 18.2 Å². The standard InChI is InChI=1S/C15H16BrNO3.Na/c16-11-3-1-2-10-9(11)4-5-12(10)17-13(18)8-15(6-7-15)14(19)20;/h1-3,12H,4-8H2,(H,17,18)(H,19,20);/q;+1/p-1. The molecule has 21 heavy (non-hydrogen) atoms. The van der Waals surface area contributed by atoms with E-state index >= 15 is 0 Å². The average Bonchev–Trinajstić information content (AvgIpc) is 3.06. The summed E-state index contributed by atoms with van der Waals surface area (Å²) in [5.74, 6) is -1.29.